The molecule has 3 rings (SSSR count). The summed E-state index contributed by atoms with van der Waals surface area (Å²) in [4.78, 5) is 12.1. The van der Waals surface area contributed by atoms with Crippen molar-refractivity contribution in [1.29, 1.82) is 0 Å². The molecule has 0 amide bonds. The molecule has 6 nitrogen and oxygen atoms in total. The number of sulfone groups is 1. The van der Waals surface area contributed by atoms with E-state index >= 15 is 0 Å². The van der Waals surface area contributed by atoms with Gasteiger partial charge >= 0.3 is 6.61 Å². The Morgan fingerprint density at radius 3 is 2.42 bits per heavy atom. The molecule has 132 valence electrons. The summed E-state index contributed by atoms with van der Waals surface area (Å²) in [6.07, 6.45) is 1.23. The maximum atomic E-state index is 12.7. The molecule has 2 aliphatic heterocycles. The van der Waals surface area contributed by atoms with E-state index in [1.165, 1.54) is 0 Å². The second kappa shape index (κ2) is 6.38. The van der Waals surface area contributed by atoms with Crippen LogP contribution in [-0.4, -0.2) is 44.9 Å². The summed E-state index contributed by atoms with van der Waals surface area (Å²) in [6.45, 7) is -1.66. The van der Waals surface area contributed by atoms with Gasteiger partial charge in [-0.25, -0.2) is 8.42 Å². The molecule has 1 aromatic rings. The molecule has 1 unspecified atom stereocenters. The summed E-state index contributed by atoms with van der Waals surface area (Å²) in [5, 5.41) is 3.14. The Labute approximate surface area is 138 Å². The number of hydrogen-bond acceptors (Lipinski definition) is 6. The molecule has 1 N–H and O–H groups in total. The SMILES string of the molecule is O=C1CC2(CCNCC2)OC1S(=O)(=O)c1ccc(OC(F)F)cc1. The average molecular weight is 361 g/mol. The fourth-order valence-corrected chi connectivity index (χ4v) is 4.61. The minimum atomic E-state index is -4.04. The van der Waals surface area contributed by atoms with Gasteiger partial charge in [0.1, 0.15) is 5.75 Å². The van der Waals surface area contributed by atoms with Gasteiger partial charge in [0, 0.05) is 6.42 Å². The number of benzene rings is 1. The van der Waals surface area contributed by atoms with Gasteiger partial charge in [0.25, 0.3) is 0 Å². The van der Waals surface area contributed by atoms with Crippen molar-refractivity contribution in [2.24, 2.45) is 0 Å². The van der Waals surface area contributed by atoms with Gasteiger partial charge in [-0.15, -0.1) is 0 Å². The van der Waals surface area contributed by atoms with Crippen LogP contribution < -0.4 is 10.1 Å². The van der Waals surface area contributed by atoms with Gasteiger partial charge in [-0.1, -0.05) is 0 Å². The Bertz CT molecular complexity index is 714. The van der Waals surface area contributed by atoms with Gasteiger partial charge in [0.15, 0.2) is 5.78 Å². The number of alkyl halides is 2. The summed E-state index contributed by atoms with van der Waals surface area (Å²) in [6, 6.07) is 4.52. The first-order valence-corrected chi connectivity index (χ1v) is 9.07. The van der Waals surface area contributed by atoms with E-state index in [9.17, 15) is 22.0 Å². The van der Waals surface area contributed by atoms with Gasteiger partial charge in [-0.2, -0.15) is 8.78 Å². The molecule has 0 aromatic heterocycles. The zero-order valence-corrected chi connectivity index (χ0v) is 13.5. The number of nitrogens with one attached hydrogen (secondary N) is 1. The molecule has 0 saturated carbocycles. The lowest BCUT2D eigenvalue weighted by Crippen LogP contribution is -2.42. The van der Waals surface area contributed by atoms with Crippen molar-refractivity contribution in [3.8, 4) is 5.75 Å². The van der Waals surface area contributed by atoms with E-state index in [0.29, 0.717) is 25.9 Å². The third kappa shape index (κ3) is 3.28. The minimum absolute atomic E-state index is 0.0746. The summed E-state index contributed by atoms with van der Waals surface area (Å²) < 4.78 is 59.5. The molecule has 0 bridgehead atoms. The van der Waals surface area contributed by atoms with Gasteiger partial charge < -0.3 is 14.8 Å². The lowest BCUT2D eigenvalue weighted by Gasteiger charge is -2.32. The van der Waals surface area contributed by atoms with Crippen LogP contribution in [0.1, 0.15) is 19.3 Å². The molecular formula is C15H17F2NO5S. The second-order valence-electron chi connectivity index (χ2n) is 5.92. The minimum Gasteiger partial charge on any atom is -0.435 e. The number of piperidine rings is 1. The molecule has 2 fully saturated rings. The number of halogens is 2. The van der Waals surface area contributed by atoms with E-state index in [2.05, 4.69) is 10.1 Å². The lowest BCUT2D eigenvalue weighted by molar-refractivity contribution is -0.119. The van der Waals surface area contributed by atoms with Gasteiger partial charge in [-0.05, 0) is 50.2 Å². The van der Waals surface area contributed by atoms with Crippen LogP contribution in [0.3, 0.4) is 0 Å². The smallest absolute Gasteiger partial charge is 0.387 e. The number of carbonyl (C=O) groups excluding carboxylic acids is 1. The Balaban J connectivity index is 1.81. The highest BCUT2D eigenvalue weighted by Gasteiger charge is 2.51. The Kier molecular flexibility index (Phi) is 4.58. The van der Waals surface area contributed by atoms with Crippen molar-refractivity contribution in [3.63, 3.8) is 0 Å². The van der Waals surface area contributed by atoms with Crippen LogP contribution in [0.2, 0.25) is 0 Å². The zero-order chi connectivity index (χ0) is 17.4. The number of rotatable bonds is 4. The van der Waals surface area contributed by atoms with Gasteiger partial charge in [0.2, 0.25) is 15.3 Å². The average Bonchev–Trinajstić information content (AvgIpc) is 2.85. The highest BCUT2D eigenvalue weighted by molar-refractivity contribution is 7.92. The Morgan fingerprint density at radius 1 is 1.21 bits per heavy atom. The van der Waals surface area contributed by atoms with Crippen molar-refractivity contribution < 1.29 is 31.5 Å². The van der Waals surface area contributed by atoms with Crippen molar-refractivity contribution in [3.05, 3.63) is 24.3 Å². The highest BCUT2D eigenvalue weighted by atomic mass is 32.2. The molecule has 1 spiro atoms. The largest absolute Gasteiger partial charge is 0.435 e. The standard InChI is InChI=1S/C15H17F2NO5S/c16-14(17)22-10-1-3-11(4-2-10)24(20,21)13-12(19)9-15(23-13)5-7-18-8-6-15/h1-4,13-14,18H,5-9H2. The number of carbonyl (C=O) groups is 1. The van der Waals surface area contributed by atoms with Crippen LogP contribution in [0.15, 0.2) is 29.2 Å². The quantitative estimate of drug-likeness (QED) is 0.875. The van der Waals surface area contributed by atoms with E-state index in [-0.39, 0.29) is 17.1 Å². The van der Waals surface area contributed by atoms with Crippen LogP contribution >= 0.6 is 0 Å². The van der Waals surface area contributed by atoms with E-state index in [4.69, 9.17) is 4.74 Å². The third-order valence-corrected chi connectivity index (χ3v) is 6.14. The Morgan fingerprint density at radius 2 is 1.83 bits per heavy atom. The van der Waals surface area contributed by atoms with Crippen LogP contribution in [-0.2, 0) is 19.4 Å². The van der Waals surface area contributed by atoms with Crippen LogP contribution in [0, 0.1) is 0 Å². The Hall–Kier alpha value is -1.58. The normalized spacial score (nSPS) is 23.8. The molecule has 0 radical (unpaired) electrons. The molecule has 2 heterocycles. The summed E-state index contributed by atoms with van der Waals surface area (Å²) in [7, 11) is -4.04. The molecule has 9 heteroatoms. The number of hydrogen-bond donors (Lipinski definition) is 1. The van der Waals surface area contributed by atoms with E-state index < -0.39 is 33.3 Å². The highest BCUT2D eigenvalue weighted by Crippen LogP contribution is 2.38. The molecular weight excluding hydrogens is 344 g/mol. The van der Waals surface area contributed by atoms with E-state index in [1.54, 1.807) is 0 Å². The van der Waals surface area contributed by atoms with E-state index in [0.717, 1.165) is 24.3 Å². The summed E-state index contributed by atoms with van der Waals surface area (Å²) in [5.74, 6) is -0.623. The fraction of sp³-hybridized carbons (Fsp3) is 0.533. The lowest BCUT2D eigenvalue weighted by atomic mass is 9.89. The maximum absolute atomic E-state index is 12.7. The van der Waals surface area contributed by atoms with Crippen molar-refractivity contribution in [2.45, 2.75) is 41.8 Å². The van der Waals surface area contributed by atoms with Crippen molar-refractivity contribution in [2.75, 3.05) is 13.1 Å². The number of ether oxygens (including phenoxy) is 2. The van der Waals surface area contributed by atoms with Crippen molar-refractivity contribution >= 4 is 15.6 Å². The zero-order valence-electron chi connectivity index (χ0n) is 12.7. The first-order chi connectivity index (χ1) is 11.3. The molecule has 24 heavy (non-hydrogen) atoms. The topological polar surface area (TPSA) is 81.7 Å². The predicted molar refractivity (Wildman–Crippen MR) is 79.6 cm³/mol. The van der Waals surface area contributed by atoms with E-state index in [1.807, 2.05) is 0 Å². The van der Waals surface area contributed by atoms with Gasteiger partial charge in [0.05, 0.1) is 10.5 Å². The fourth-order valence-electron chi connectivity index (χ4n) is 3.08. The second-order valence-corrected chi connectivity index (χ2v) is 7.91. The molecule has 1 aromatic carbocycles. The van der Waals surface area contributed by atoms with Crippen LogP contribution in [0.25, 0.3) is 0 Å². The predicted octanol–water partition coefficient (Wildman–Crippen LogP) is 1.50. The molecule has 0 aliphatic carbocycles. The summed E-state index contributed by atoms with van der Waals surface area (Å²) >= 11 is 0. The third-order valence-electron chi connectivity index (χ3n) is 4.29. The maximum Gasteiger partial charge on any atom is 0.387 e. The monoisotopic (exact) mass is 361 g/mol. The first-order valence-electron chi connectivity index (χ1n) is 7.52. The number of Topliss-reactive ketones (excluding diaryl/α,β-unsaturated/α-hetero) is 1. The molecule has 2 aliphatic rings. The van der Waals surface area contributed by atoms with Crippen LogP contribution in [0.5, 0.6) is 5.75 Å². The van der Waals surface area contributed by atoms with Crippen LogP contribution in [0.4, 0.5) is 8.78 Å². The van der Waals surface area contributed by atoms with Gasteiger partial charge in [-0.3, -0.25) is 4.79 Å². The number of ketones is 1. The first kappa shape index (κ1) is 17.2. The summed E-state index contributed by atoms with van der Waals surface area (Å²) in [5.41, 5.74) is -2.27. The van der Waals surface area contributed by atoms with Crippen molar-refractivity contribution in [1.82, 2.24) is 5.32 Å². The molecule has 1 atom stereocenters. The molecule has 2 saturated heterocycles.